The first-order chi connectivity index (χ1) is 25.2. The molecule has 0 spiro atoms. The molecule has 9 nitrogen and oxygen atoms in total. The number of aryl methyl sites for hydroxylation is 2. The Balaban J connectivity index is 1.12. The smallest absolute Gasteiger partial charge is 0.306 e. The van der Waals surface area contributed by atoms with Crippen LogP contribution in [0.25, 0.3) is 0 Å². The van der Waals surface area contributed by atoms with Gasteiger partial charge in [-0.1, -0.05) is 41.4 Å². The molecule has 3 aromatic carbocycles. The quantitative estimate of drug-likeness (QED) is 0.145. The largest absolute Gasteiger partial charge is 0.490 e. The molecule has 2 N–H and O–H groups in total. The Morgan fingerprint density at radius 2 is 1.60 bits per heavy atom. The van der Waals surface area contributed by atoms with Crippen molar-refractivity contribution < 1.29 is 28.9 Å². The molecule has 2 atom stereocenters. The summed E-state index contributed by atoms with van der Waals surface area (Å²) in [6, 6.07) is 18.7. The first kappa shape index (κ1) is 38.2. The van der Waals surface area contributed by atoms with Gasteiger partial charge in [0.15, 0.2) is 5.75 Å². The second-order valence-electron chi connectivity index (χ2n) is 14.4. The summed E-state index contributed by atoms with van der Waals surface area (Å²) in [5.74, 6) is 0.347. The molecular formula is C41H51Cl2N3O6. The number of anilines is 1. The van der Waals surface area contributed by atoms with Crippen molar-refractivity contribution in [3.8, 4) is 11.5 Å². The van der Waals surface area contributed by atoms with Gasteiger partial charge in [0.05, 0.1) is 21.9 Å². The summed E-state index contributed by atoms with van der Waals surface area (Å²) >= 11 is 12.6. The lowest BCUT2D eigenvalue weighted by Gasteiger charge is -2.36. The number of rotatable bonds is 16. The average molecular weight is 753 g/mol. The van der Waals surface area contributed by atoms with Crippen LogP contribution in [0.1, 0.15) is 66.7 Å². The molecule has 280 valence electrons. The van der Waals surface area contributed by atoms with Crippen molar-refractivity contribution in [2.45, 2.75) is 70.4 Å². The van der Waals surface area contributed by atoms with E-state index in [1.165, 1.54) is 5.56 Å². The number of hydrogen-bond acceptors (Lipinski definition) is 7. The van der Waals surface area contributed by atoms with Gasteiger partial charge in [0.2, 0.25) is 5.91 Å². The Morgan fingerprint density at radius 1 is 0.904 bits per heavy atom. The first-order valence-corrected chi connectivity index (χ1v) is 19.4. The van der Waals surface area contributed by atoms with Crippen molar-refractivity contribution in [3.05, 3.63) is 86.9 Å². The van der Waals surface area contributed by atoms with E-state index < -0.39 is 5.97 Å². The van der Waals surface area contributed by atoms with Crippen LogP contribution in [-0.2, 0) is 27.3 Å². The van der Waals surface area contributed by atoms with Crippen LogP contribution < -0.4 is 19.7 Å². The highest BCUT2D eigenvalue weighted by Gasteiger charge is 2.40. The van der Waals surface area contributed by atoms with Gasteiger partial charge in [-0.3, -0.25) is 9.59 Å². The zero-order valence-corrected chi connectivity index (χ0v) is 31.8. The molecule has 1 saturated carbocycles. The van der Waals surface area contributed by atoms with E-state index in [1.807, 2.05) is 31.2 Å². The van der Waals surface area contributed by atoms with E-state index in [-0.39, 0.29) is 29.7 Å². The number of aliphatic carboxylic acids is 1. The third kappa shape index (κ3) is 9.92. The molecule has 0 radical (unpaired) electrons. The normalized spacial score (nSPS) is 19.3. The van der Waals surface area contributed by atoms with Crippen LogP contribution >= 0.6 is 23.2 Å². The predicted octanol–water partition coefficient (Wildman–Crippen LogP) is 7.52. The second kappa shape index (κ2) is 18.0. The second-order valence-corrected chi connectivity index (χ2v) is 15.2. The molecular weight excluding hydrogens is 701 g/mol. The van der Waals surface area contributed by atoms with Crippen molar-refractivity contribution in [1.29, 1.82) is 0 Å². The molecule has 3 aliphatic rings. The van der Waals surface area contributed by atoms with Gasteiger partial charge in [-0.25, -0.2) is 0 Å². The van der Waals surface area contributed by atoms with E-state index in [1.54, 1.807) is 7.11 Å². The summed E-state index contributed by atoms with van der Waals surface area (Å²) in [6.45, 7) is 6.76. The maximum absolute atomic E-state index is 14.5. The number of amides is 1. The number of carbonyl (C=O) groups excluding carboxylic acids is 1. The number of carbonyl (C=O) groups is 2. The number of halogens is 2. The van der Waals surface area contributed by atoms with E-state index in [0.717, 1.165) is 66.8 Å². The highest BCUT2D eigenvalue weighted by Crippen LogP contribution is 2.38. The summed E-state index contributed by atoms with van der Waals surface area (Å²) < 4.78 is 17.1. The van der Waals surface area contributed by atoms with Crippen molar-refractivity contribution >= 4 is 40.8 Å². The summed E-state index contributed by atoms with van der Waals surface area (Å²) in [7, 11) is 1.72. The number of hydrogen-bond donors (Lipinski definition) is 2. The van der Waals surface area contributed by atoms with E-state index in [9.17, 15) is 14.7 Å². The van der Waals surface area contributed by atoms with Gasteiger partial charge in [-0.2, -0.15) is 0 Å². The van der Waals surface area contributed by atoms with Crippen LogP contribution in [-0.4, -0.2) is 81.0 Å². The van der Waals surface area contributed by atoms with Gasteiger partial charge in [-0.15, -0.1) is 0 Å². The molecule has 52 heavy (non-hydrogen) atoms. The molecule has 1 amide bonds. The molecule has 3 aromatic rings. The Morgan fingerprint density at radius 3 is 2.27 bits per heavy atom. The lowest BCUT2D eigenvalue weighted by Crippen LogP contribution is -2.47. The molecule has 6 rings (SSSR count). The summed E-state index contributed by atoms with van der Waals surface area (Å²) in [4.78, 5) is 30.5. The van der Waals surface area contributed by atoms with Crippen molar-refractivity contribution in [1.82, 2.24) is 10.2 Å². The van der Waals surface area contributed by atoms with Gasteiger partial charge < -0.3 is 34.4 Å². The standard InChI is InChI=1S/C41H51Cl2N3O6/c1-27-20-37(42)39(38(43)21-27)52-19-18-51-34-9-5-30(6-10-34)35-11-14-44-25-36(35)40(47)46(32-7-8-32)26-29-22-28(4-3-17-50-2)23-33(24-29)45-15-12-31(13-16-45)41(48)49/h5-6,9-10,20-24,31-32,35-36,44H,3-4,7-8,11-19,25-26H2,1-2H3,(H,48,49)/t35-,36+/m1/s1. The van der Waals surface area contributed by atoms with E-state index in [4.69, 9.17) is 37.4 Å². The van der Waals surface area contributed by atoms with Crippen LogP contribution in [0.5, 0.6) is 11.5 Å². The van der Waals surface area contributed by atoms with Gasteiger partial charge >= 0.3 is 5.97 Å². The number of ether oxygens (including phenoxy) is 3. The summed E-state index contributed by atoms with van der Waals surface area (Å²) in [5.41, 5.74) is 5.58. The van der Waals surface area contributed by atoms with Crippen LogP contribution in [0.2, 0.25) is 10.0 Å². The van der Waals surface area contributed by atoms with Crippen LogP contribution in [0.3, 0.4) is 0 Å². The lowest BCUT2D eigenvalue weighted by molar-refractivity contribution is -0.142. The number of piperidine rings is 2. The number of benzene rings is 3. The molecule has 2 aliphatic heterocycles. The maximum Gasteiger partial charge on any atom is 0.306 e. The topological polar surface area (TPSA) is 101 Å². The molecule has 3 fully saturated rings. The van der Waals surface area contributed by atoms with Gasteiger partial charge in [-0.05, 0) is 123 Å². The Hall–Kier alpha value is -3.50. The number of methoxy groups -OCH3 is 1. The fourth-order valence-corrected chi connectivity index (χ4v) is 8.31. The van der Waals surface area contributed by atoms with Gasteiger partial charge in [0, 0.05) is 51.6 Å². The number of nitrogens with zero attached hydrogens (tertiary/aromatic N) is 2. The average Bonchev–Trinajstić information content (AvgIpc) is 3.99. The maximum atomic E-state index is 14.5. The molecule has 2 saturated heterocycles. The first-order valence-electron chi connectivity index (χ1n) is 18.6. The zero-order chi connectivity index (χ0) is 36.6. The van der Waals surface area contributed by atoms with E-state index in [0.29, 0.717) is 74.6 Å². The third-order valence-electron chi connectivity index (χ3n) is 10.5. The van der Waals surface area contributed by atoms with Crippen LogP contribution in [0.4, 0.5) is 5.69 Å². The minimum Gasteiger partial charge on any atom is -0.490 e. The molecule has 0 bridgehead atoms. The highest BCUT2D eigenvalue weighted by molar-refractivity contribution is 6.37. The van der Waals surface area contributed by atoms with Crippen molar-refractivity contribution in [2.24, 2.45) is 11.8 Å². The van der Waals surface area contributed by atoms with Crippen molar-refractivity contribution in [2.75, 3.05) is 58.0 Å². The Labute approximate surface area is 317 Å². The Bertz CT molecular complexity index is 1650. The lowest BCUT2D eigenvalue weighted by atomic mass is 9.80. The fourth-order valence-electron chi connectivity index (χ4n) is 7.61. The summed E-state index contributed by atoms with van der Waals surface area (Å²) in [6.07, 6.45) is 6.01. The number of carboxylic acids is 1. The minimum absolute atomic E-state index is 0.102. The predicted molar refractivity (Wildman–Crippen MR) is 205 cm³/mol. The van der Waals surface area contributed by atoms with E-state index in [2.05, 4.69) is 45.4 Å². The molecule has 0 aromatic heterocycles. The monoisotopic (exact) mass is 751 g/mol. The number of nitrogens with one attached hydrogen (secondary N) is 1. The van der Waals surface area contributed by atoms with Crippen molar-refractivity contribution in [3.63, 3.8) is 0 Å². The molecule has 1 aliphatic carbocycles. The number of carboxylic acid groups (broad SMARTS) is 1. The highest BCUT2D eigenvalue weighted by atomic mass is 35.5. The minimum atomic E-state index is -0.705. The van der Waals surface area contributed by atoms with Crippen LogP contribution in [0.15, 0.2) is 54.6 Å². The SMILES string of the molecule is COCCCc1cc(CN(C(=O)[C@H]2CNCC[C@@H]2c2ccc(OCCOc3c(Cl)cc(C)cc3Cl)cc2)C2CC2)cc(N2CCC(C(=O)O)CC2)c1. The molecule has 0 unspecified atom stereocenters. The third-order valence-corrected chi connectivity index (χ3v) is 11.1. The summed E-state index contributed by atoms with van der Waals surface area (Å²) in [5, 5.41) is 14.0. The van der Waals surface area contributed by atoms with Crippen LogP contribution in [0, 0.1) is 18.8 Å². The zero-order valence-electron chi connectivity index (χ0n) is 30.3. The Kier molecular flexibility index (Phi) is 13.2. The van der Waals surface area contributed by atoms with Gasteiger partial charge in [0.25, 0.3) is 0 Å². The fraction of sp³-hybridized carbons (Fsp3) is 0.512. The van der Waals surface area contributed by atoms with E-state index >= 15 is 0 Å². The molecule has 2 heterocycles. The molecule has 11 heteroatoms. The van der Waals surface area contributed by atoms with Gasteiger partial charge in [0.1, 0.15) is 19.0 Å².